The van der Waals surface area contributed by atoms with Crippen LogP contribution in [0.2, 0.25) is 0 Å². The maximum Gasteiger partial charge on any atom is 0.175 e. The quantitative estimate of drug-likeness (QED) is 0.409. The molecule has 4 heteroatoms. The van der Waals surface area contributed by atoms with Gasteiger partial charge in [0.2, 0.25) is 0 Å². The Labute approximate surface area is 74.3 Å². The van der Waals surface area contributed by atoms with Crippen molar-refractivity contribution in [2.75, 3.05) is 0 Å². The van der Waals surface area contributed by atoms with E-state index in [2.05, 4.69) is 5.16 Å². The van der Waals surface area contributed by atoms with Crippen molar-refractivity contribution in [1.29, 1.82) is 0 Å². The van der Waals surface area contributed by atoms with Crippen molar-refractivity contribution in [2.24, 2.45) is 5.16 Å². The zero-order chi connectivity index (χ0) is 9.14. The van der Waals surface area contributed by atoms with Crippen LogP contribution in [0, 0.1) is 12.7 Å². The van der Waals surface area contributed by atoms with Crippen molar-refractivity contribution in [2.45, 2.75) is 6.92 Å². The first-order valence-electron chi connectivity index (χ1n) is 3.29. The molecule has 1 aromatic carbocycles. The fraction of sp³-hybridized carbons (Fsp3) is 0.125. The van der Waals surface area contributed by atoms with Crippen LogP contribution in [0.5, 0.6) is 0 Å². The Morgan fingerprint density at radius 1 is 1.58 bits per heavy atom. The Morgan fingerprint density at radius 3 is 2.75 bits per heavy atom. The average Bonchev–Trinajstić information content (AvgIpc) is 2.03. The Morgan fingerprint density at radius 2 is 2.25 bits per heavy atom. The van der Waals surface area contributed by atoms with Gasteiger partial charge in [0.1, 0.15) is 5.82 Å². The molecule has 1 rings (SSSR count). The highest BCUT2D eigenvalue weighted by Crippen LogP contribution is 2.12. The number of hydrogen-bond acceptors (Lipinski definition) is 2. The molecule has 0 radical (unpaired) electrons. The van der Waals surface area contributed by atoms with E-state index in [4.69, 9.17) is 16.8 Å². The molecule has 0 fully saturated rings. The normalized spacial score (nSPS) is 11.8. The van der Waals surface area contributed by atoms with E-state index in [1.807, 2.05) is 0 Å². The van der Waals surface area contributed by atoms with Gasteiger partial charge in [-0.05, 0) is 30.7 Å². The van der Waals surface area contributed by atoms with Gasteiger partial charge in [0.05, 0.1) is 0 Å². The zero-order valence-corrected chi connectivity index (χ0v) is 7.14. The lowest BCUT2D eigenvalue weighted by molar-refractivity contribution is 0.321. The lowest BCUT2D eigenvalue weighted by Crippen LogP contribution is -1.95. The molecular weight excluding hydrogens is 181 g/mol. The first-order valence-corrected chi connectivity index (χ1v) is 3.67. The second kappa shape index (κ2) is 3.54. The van der Waals surface area contributed by atoms with Crippen LogP contribution in [0.4, 0.5) is 4.39 Å². The summed E-state index contributed by atoms with van der Waals surface area (Å²) in [6, 6.07) is 4.05. The average molecular weight is 188 g/mol. The molecule has 0 aliphatic carbocycles. The molecule has 0 saturated carbocycles. The van der Waals surface area contributed by atoms with Crippen molar-refractivity contribution in [3.05, 3.63) is 35.1 Å². The van der Waals surface area contributed by atoms with Crippen LogP contribution in [0.3, 0.4) is 0 Å². The van der Waals surface area contributed by atoms with Crippen molar-refractivity contribution in [3.63, 3.8) is 0 Å². The summed E-state index contributed by atoms with van der Waals surface area (Å²) in [6.07, 6.45) is 0. The lowest BCUT2D eigenvalue weighted by Gasteiger charge is -2.00. The van der Waals surface area contributed by atoms with Gasteiger partial charge in [-0.1, -0.05) is 16.8 Å². The van der Waals surface area contributed by atoms with Gasteiger partial charge >= 0.3 is 0 Å². The third kappa shape index (κ3) is 1.74. The summed E-state index contributed by atoms with van der Waals surface area (Å²) in [5, 5.41) is 11.1. The van der Waals surface area contributed by atoms with E-state index in [9.17, 15) is 4.39 Å². The summed E-state index contributed by atoms with van der Waals surface area (Å²) in [4.78, 5) is 0. The van der Waals surface area contributed by atoms with Crippen molar-refractivity contribution >= 4 is 16.8 Å². The predicted octanol–water partition coefficient (Wildman–Crippen LogP) is 2.51. The van der Waals surface area contributed by atoms with E-state index >= 15 is 0 Å². The van der Waals surface area contributed by atoms with Crippen LogP contribution in [-0.2, 0) is 0 Å². The minimum atomic E-state index is -0.335. The van der Waals surface area contributed by atoms with Crippen LogP contribution in [0.15, 0.2) is 23.4 Å². The molecule has 0 aromatic heterocycles. The van der Waals surface area contributed by atoms with Crippen LogP contribution in [0.25, 0.3) is 0 Å². The molecular formula is C8H7ClFNO. The maximum absolute atomic E-state index is 12.6. The number of nitrogens with zero attached hydrogens (tertiary/aromatic N) is 1. The molecule has 12 heavy (non-hydrogen) atoms. The molecule has 0 saturated heterocycles. The number of hydrogen-bond donors (Lipinski definition) is 1. The van der Waals surface area contributed by atoms with Crippen LogP contribution in [0.1, 0.15) is 11.1 Å². The Kier molecular flexibility index (Phi) is 2.65. The highest BCUT2D eigenvalue weighted by Gasteiger charge is 2.04. The van der Waals surface area contributed by atoms with E-state index in [0.29, 0.717) is 11.1 Å². The number of oxime groups is 1. The highest BCUT2D eigenvalue weighted by atomic mass is 35.5. The van der Waals surface area contributed by atoms with E-state index in [0.717, 1.165) is 0 Å². The van der Waals surface area contributed by atoms with E-state index in [1.54, 1.807) is 6.92 Å². The second-order valence-electron chi connectivity index (χ2n) is 2.35. The largest absolute Gasteiger partial charge is 0.410 e. The molecule has 0 spiro atoms. The SMILES string of the molecule is Cc1cc(F)ccc1/C(Cl)=N/O. The molecule has 0 heterocycles. The van der Waals surface area contributed by atoms with Crippen molar-refractivity contribution in [3.8, 4) is 0 Å². The molecule has 1 N–H and O–H groups in total. The smallest absolute Gasteiger partial charge is 0.175 e. The van der Waals surface area contributed by atoms with Gasteiger partial charge in [-0.2, -0.15) is 0 Å². The molecule has 2 nitrogen and oxygen atoms in total. The third-order valence-corrected chi connectivity index (χ3v) is 1.78. The standard InChI is InChI=1S/C8H7ClFNO/c1-5-4-6(10)2-3-7(5)8(9)11-12/h2-4,12H,1H3/b11-8-. The fourth-order valence-corrected chi connectivity index (χ4v) is 1.12. The summed E-state index contributed by atoms with van der Waals surface area (Å²) in [7, 11) is 0. The maximum atomic E-state index is 12.6. The third-order valence-electron chi connectivity index (χ3n) is 1.50. The summed E-state index contributed by atoms with van der Waals surface area (Å²) >= 11 is 5.53. The van der Waals surface area contributed by atoms with Gasteiger partial charge in [0, 0.05) is 5.56 Å². The molecule has 0 aliphatic heterocycles. The first kappa shape index (κ1) is 9.00. The fourth-order valence-electron chi connectivity index (χ4n) is 0.912. The Balaban J connectivity index is 3.18. The Bertz CT molecular complexity index is 325. The van der Waals surface area contributed by atoms with Gasteiger partial charge in [-0.15, -0.1) is 0 Å². The number of rotatable bonds is 1. The number of aryl methyl sites for hydroxylation is 1. The van der Waals surface area contributed by atoms with Crippen molar-refractivity contribution in [1.82, 2.24) is 0 Å². The molecule has 64 valence electrons. The van der Waals surface area contributed by atoms with E-state index in [1.165, 1.54) is 18.2 Å². The van der Waals surface area contributed by atoms with E-state index < -0.39 is 0 Å². The van der Waals surface area contributed by atoms with Crippen LogP contribution >= 0.6 is 11.6 Å². The van der Waals surface area contributed by atoms with Gasteiger partial charge in [0.15, 0.2) is 5.17 Å². The minimum absolute atomic E-state index is 0.0347. The molecule has 0 atom stereocenters. The Hall–Kier alpha value is -1.09. The number of benzene rings is 1. The monoisotopic (exact) mass is 187 g/mol. The lowest BCUT2D eigenvalue weighted by atomic mass is 10.1. The zero-order valence-electron chi connectivity index (χ0n) is 6.38. The van der Waals surface area contributed by atoms with Crippen LogP contribution < -0.4 is 0 Å². The van der Waals surface area contributed by atoms with Gasteiger partial charge in [-0.3, -0.25) is 0 Å². The van der Waals surface area contributed by atoms with Gasteiger partial charge < -0.3 is 5.21 Å². The summed E-state index contributed by atoms with van der Waals surface area (Å²) in [6.45, 7) is 1.69. The summed E-state index contributed by atoms with van der Waals surface area (Å²) in [5.41, 5.74) is 1.17. The highest BCUT2D eigenvalue weighted by molar-refractivity contribution is 6.69. The first-order chi connectivity index (χ1) is 5.65. The molecule has 0 bridgehead atoms. The molecule has 0 aliphatic rings. The summed E-state index contributed by atoms with van der Waals surface area (Å²) in [5.74, 6) is -0.335. The van der Waals surface area contributed by atoms with Crippen molar-refractivity contribution < 1.29 is 9.60 Å². The topological polar surface area (TPSA) is 32.6 Å². The van der Waals surface area contributed by atoms with Crippen LogP contribution in [-0.4, -0.2) is 10.4 Å². The molecule has 0 amide bonds. The second-order valence-corrected chi connectivity index (χ2v) is 2.71. The predicted molar refractivity (Wildman–Crippen MR) is 45.3 cm³/mol. The van der Waals surface area contributed by atoms with Gasteiger partial charge in [-0.25, -0.2) is 4.39 Å². The number of halogens is 2. The molecule has 1 aromatic rings. The molecule has 0 unspecified atom stereocenters. The van der Waals surface area contributed by atoms with E-state index in [-0.39, 0.29) is 11.0 Å². The summed E-state index contributed by atoms with van der Waals surface area (Å²) < 4.78 is 12.6. The van der Waals surface area contributed by atoms with Gasteiger partial charge in [0.25, 0.3) is 0 Å². The minimum Gasteiger partial charge on any atom is -0.410 e.